The Morgan fingerprint density at radius 2 is 1.61 bits per heavy atom. The van der Waals surface area contributed by atoms with E-state index in [1.165, 1.54) is 32.1 Å². The molecule has 0 saturated heterocycles. The minimum Gasteiger partial charge on any atom is -0.457 e. The van der Waals surface area contributed by atoms with Gasteiger partial charge in [-0.1, -0.05) is 37.5 Å². The van der Waals surface area contributed by atoms with Crippen LogP contribution in [0.25, 0.3) is 0 Å². The maximum absolute atomic E-state index is 5.82. The number of thiocarbonyl (C=S) groups is 1. The number of aromatic nitrogens is 2. The number of hydrogen-bond acceptors (Lipinski definition) is 3. The summed E-state index contributed by atoms with van der Waals surface area (Å²) < 4.78 is 7.89. The summed E-state index contributed by atoms with van der Waals surface area (Å²) in [6.07, 6.45) is 8.05. The fourth-order valence-corrected chi connectivity index (χ4v) is 3.76. The Morgan fingerprint density at radius 1 is 0.893 bits per heavy atom. The molecule has 0 spiro atoms. The first kappa shape index (κ1) is 18.5. The number of rotatable bonds is 5. The zero-order chi connectivity index (χ0) is 19.2. The number of ether oxygens (including phenoxy) is 1. The largest absolute Gasteiger partial charge is 0.457 e. The van der Waals surface area contributed by atoms with Crippen LogP contribution in [0.2, 0.25) is 0 Å². The molecule has 0 unspecified atom stereocenters. The van der Waals surface area contributed by atoms with Gasteiger partial charge in [-0.25, -0.2) is 4.68 Å². The van der Waals surface area contributed by atoms with Crippen LogP contribution in [0.1, 0.15) is 38.1 Å². The second-order valence-electron chi connectivity index (χ2n) is 6.97. The van der Waals surface area contributed by atoms with E-state index in [0.29, 0.717) is 11.2 Å². The topological polar surface area (TPSA) is 51.1 Å². The second-order valence-corrected chi connectivity index (χ2v) is 7.38. The van der Waals surface area contributed by atoms with Gasteiger partial charge < -0.3 is 15.4 Å². The molecular formula is C22H24N4OS. The summed E-state index contributed by atoms with van der Waals surface area (Å²) >= 11 is 5.49. The molecule has 0 amide bonds. The lowest BCUT2D eigenvalue weighted by Crippen LogP contribution is -2.23. The quantitative estimate of drug-likeness (QED) is 0.522. The molecule has 1 aliphatic rings. The number of benzene rings is 2. The molecular weight excluding hydrogens is 368 g/mol. The van der Waals surface area contributed by atoms with E-state index in [4.69, 9.17) is 17.0 Å². The van der Waals surface area contributed by atoms with Gasteiger partial charge in [0.25, 0.3) is 0 Å². The van der Waals surface area contributed by atoms with Crippen molar-refractivity contribution < 1.29 is 4.74 Å². The lowest BCUT2D eigenvalue weighted by molar-refractivity contribution is 0.333. The summed E-state index contributed by atoms with van der Waals surface area (Å²) in [5.41, 5.74) is 0.904. The predicted octanol–water partition coefficient (Wildman–Crippen LogP) is 5.99. The summed E-state index contributed by atoms with van der Waals surface area (Å²) in [7, 11) is 0. The molecule has 0 aliphatic heterocycles. The monoisotopic (exact) mass is 392 g/mol. The highest BCUT2D eigenvalue weighted by Crippen LogP contribution is 2.30. The van der Waals surface area contributed by atoms with E-state index in [2.05, 4.69) is 20.4 Å². The van der Waals surface area contributed by atoms with Crippen LogP contribution in [0.3, 0.4) is 0 Å². The van der Waals surface area contributed by atoms with Crippen LogP contribution in [0.15, 0.2) is 66.9 Å². The second kappa shape index (κ2) is 8.89. The number of para-hydroxylation sites is 1. The van der Waals surface area contributed by atoms with Gasteiger partial charge in [0.05, 0.1) is 12.2 Å². The van der Waals surface area contributed by atoms with Crippen molar-refractivity contribution in [1.82, 2.24) is 9.78 Å². The standard InChI is InChI=1S/C22H24N4OS/c28-22(25-21-15-16-23-26(21)18-7-3-1-4-8-18)24-17-11-13-20(14-12-17)27-19-9-5-2-6-10-19/h2,5-6,9-16,18H,1,3-4,7-8H2,(H2,24,25,28). The number of anilines is 2. The van der Waals surface area contributed by atoms with Crippen LogP contribution in [0, 0.1) is 0 Å². The van der Waals surface area contributed by atoms with Gasteiger partial charge in [0.15, 0.2) is 5.11 Å². The lowest BCUT2D eigenvalue weighted by Gasteiger charge is -2.24. The van der Waals surface area contributed by atoms with Crippen LogP contribution in [-0.4, -0.2) is 14.9 Å². The summed E-state index contributed by atoms with van der Waals surface area (Å²) in [5, 5.41) is 11.6. The van der Waals surface area contributed by atoms with E-state index in [9.17, 15) is 0 Å². The molecule has 28 heavy (non-hydrogen) atoms. The molecule has 144 valence electrons. The molecule has 3 aromatic rings. The van der Waals surface area contributed by atoms with E-state index in [-0.39, 0.29) is 0 Å². The zero-order valence-electron chi connectivity index (χ0n) is 15.7. The molecule has 1 saturated carbocycles. The molecule has 0 atom stereocenters. The Bertz CT molecular complexity index is 902. The number of nitrogens with one attached hydrogen (secondary N) is 2. The third-order valence-corrected chi connectivity index (χ3v) is 5.13. The maximum Gasteiger partial charge on any atom is 0.176 e. The first-order chi connectivity index (χ1) is 13.8. The van der Waals surface area contributed by atoms with E-state index in [1.54, 1.807) is 0 Å². The first-order valence-electron chi connectivity index (χ1n) is 9.72. The minimum absolute atomic E-state index is 0.462. The van der Waals surface area contributed by atoms with Crippen LogP contribution in [0.4, 0.5) is 11.5 Å². The molecule has 1 aliphatic carbocycles. The average Bonchev–Trinajstić information content (AvgIpc) is 3.19. The Labute approximate surface area is 170 Å². The van der Waals surface area contributed by atoms with Crippen molar-refractivity contribution in [3.8, 4) is 11.5 Å². The van der Waals surface area contributed by atoms with E-state index in [1.807, 2.05) is 66.9 Å². The highest BCUT2D eigenvalue weighted by Gasteiger charge is 2.18. The highest BCUT2D eigenvalue weighted by atomic mass is 32.1. The fraction of sp³-hybridized carbons (Fsp3) is 0.273. The fourth-order valence-electron chi connectivity index (χ4n) is 3.54. The van der Waals surface area contributed by atoms with Gasteiger partial charge in [-0.05, 0) is 61.5 Å². The van der Waals surface area contributed by atoms with Crippen molar-refractivity contribution in [3.05, 3.63) is 66.9 Å². The molecule has 1 fully saturated rings. The van der Waals surface area contributed by atoms with Crippen LogP contribution >= 0.6 is 12.2 Å². The summed E-state index contributed by atoms with van der Waals surface area (Å²) in [6, 6.07) is 19.9. The van der Waals surface area contributed by atoms with Gasteiger partial charge in [0.1, 0.15) is 17.3 Å². The molecule has 2 N–H and O–H groups in total. The molecule has 2 aromatic carbocycles. The van der Waals surface area contributed by atoms with Crippen LogP contribution < -0.4 is 15.4 Å². The minimum atomic E-state index is 0.462. The maximum atomic E-state index is 5.82. The molecule has 1 aromatic heterocycles. The SMILES string of the molecule is S=C(Nc1ccc(Oc2ccccc2)cc1)Nc1ccnn1C1CCCCC1. The average molecular weight is 393 g/mol. The smallest absolute Gasteiger partial charge is 0.176 e. The van der Waals surface area contributed by atoms with Crippen LogP contribution in [0.5, 0.6) is 11.5 Å². The van der Waals surface area contributed by atoms with Gasteiger partial charge >= 0.3 is 0 Å². The van der Waals surface area contributed by atoms with Crippen molar-refractivity contribution in [1.29, 1.82) is 0 Å². The molecule has 1 heterocycles. The molecule has 5 nitrogen and oxygen atoms in total. The third-order valence-electron chi connectivity index (χ3n) is 4.92. The molecule has 0 radical (unpaired) electrons. The first-order valence-corrected chi connectivity index (χ1v) is 10.1. The summed E-state index contributed by atoms with van der Waals surface area (Å²) in [5.74, 6) is 2.54. The highest BCUT2D eigenvalue weighted by molar-refractivity contribution is 7.80. The van der Waals surface area contributed by atoms with Crippen LogP contribution in [-0.2, 0) is 0 Å². The van der Waals surface area contributed by atoms with Gasteiger partial charge in [0, 0.05) is 11.8 Å². The molecule has 0 bridgehead atoms. The van der Waals surface area contributed by atoms with Crippen molar-refractivity contribution >= 4 is 28.8 Å². The van der Waals surface area contributed by atoms with Crippen molar-refractivity contribution in [2.75, 3.05) is 10.6 Å². The summed E-state index contributed by atoms with van der Waals surface area (Å²) in [4.78, 5) is 0. The summed E-state index contributed by atoms with van der Waals surface area (Å²) in [6.45, 7) is 0. The van der Waals surface area contributed by atoms with Gasteiger partial charge in [-0.15, -0.1) is 0 Å². The Balaban J connectivity index is 1.35. The van der Waals surface area contributed by atoms with Crippen molar-refractivity contribution in [2.24, 2.45) is 0 Å². The Kier molecular flexibility index (Phi) is 5.87. The molecule has 4 rings (SSSR count). The van der Waals surface area contributed by atoms with Crippen molar-refractivity contribution in [3.63, 3.8) is 0 Å². The van der Waals surface area contributed by atoms with Gasteiger partial charge in [-0.2, -0.15) is 5.10 Å². The number of hydrogen-bond donors (Lipinski definition) is 2. The van der Waals surface area contributed by atoms with E-state index >= 15 is 0 Å². The predicted molar refractivity (Wildman–Crippen MR) is 117 cm³/mol. The van der Waals surface area contributed by atoms with E-state index in [0.717, 1.165) is 23.0 Å². The zero-order valence-corrected chi connectivity index (χ0v) is 16.5. The van der Waals surface area contributed by atoms with Gasteiger partial charge in [-0.3, -0.25) is 0 Å². The Hall–Kier alpha value is -2.86. The normalized spacial score (nSPS) is 14.4. The van der Waals surface area contributed by atoms with E-state index < -0.39 is 0 Å². The third kappa shape index (κ3) is 4.70. The molecule has 6 heteroatoms. The number of nitrogens with zero attached hydrogens (tertiary/aromatic N) is 2. The van der Waals surface area contributed by atoms with Gasteiger partial charge in [0.2, 0.25) is 0 Å². The lowest BCUT2D eigenvalue weighted by atomic mass is 9.96. The Morgan fingerprint density at radius 3 is 2.36 bits per heavy atom. The van der Waals surface area contributed by atoms with Crippen molar-refractivity contribution in [2.45, 2.75) is 38.1 Å².